The smallest absolute Gasteiger partial charge is 0.481 e. The standard InChI is InChI=1S/C9H5F6NO4/c10-8(11,12)4-2-5(17)16-7(20-9(13,14)15)3(4)1-6(18)19/h2H,1H2,(H,16,17)(H,18,19). The van der Waals surface area contributed by atoms with Crippen LogP contribution in [0, 0.1) is 0 Å². The molecule has 0 fully saturated rings. The Balaban J connectivity index is 3.52. The molecule has 20 heavy (non-hydrogen) atoms. The van der Waals surface area contributed by atoms with E-state index in [2.05, 4.69) is 4.74 Å². The number of hydrogen-bond donors (Lipinski definition) is 2. The van der Waals surface area contributed by atoms with Gasteiger partial charge in [-0.05, 0) is 0 Å². The maximum atomic E-state index is 12.6. The molecule has 0 aliphatic heterocycles. The lowest BCUT2D eigenvalue weighted by molar-refractivity contribution is -0.276. The number of hydrogen-bond acceptors (Lipinski definition) is 3. The number of carboxylic acids is 1. The Bertz CT molecular complexity index is 573. The molecule has 0 aromatic carbocycles. The van der Waals surface area contributed by atoms with Gasteiger partial charge in [0.15, 0.2) is 0 Å². The van der Waals surface area contributed by atoms with Crippen molar-refractivity contribution in [3.63, 3.8) is 0 Å². The fourth-order valence-corrected chi connectivity index (χ4v) is 1.35. The Labute approximate surface area is 105 Å². The quantitative estimate of drug-likeness (QED) is 0.836. The highest BCUT2D eigenvalue weighted by Crippen LogP contribution is 2.35. The normalized spacial score (nSPS) is 12.3. The van der Waals surface area contributed by atoms with Gasteiger partial charge in [-0.15, -0.1) is 13.2 Å². The van der Waals surface area contributed by atoms with E-state index in [9.17, 15) is 35.9 Å². The van der Waals surface area contributed by atoms with Crippen molar-refractivity contribution in [3.8, 4) is 5.88 Å². The molecular formula is C9H5F6NO4. The maximum Gasteiger partial charge on any atom is 0.574 e. The molecule has 2 N–H and O–H groups in total. The van der Waals surface area contributed by atoms with Crippen molar-refractivity contribution in [1.82, 2.24) is 4.98 Å². The van der Waals surface area contributed by atoms with Crippen LogP contribution in [-0.4, -0.2) is 22.4 Å². The molecule has 0 bridgehead atoms. The first-order valence-electron chi connectivity index (χ1n) is 4.71. The van der Waals surface area contributed by atoms with Crippen LogP contribution in [0.15, 0.2) is 10.9 Å². The largest absolute Gasteiger partial charge is 0.574 e. The third-order valence-electron chi connectivity index (χ3n) is 1.96. The van der Waals surface area contributed by atoms with E-state index in [1.807, 2.05) is 0 Å². The minimum absolute atomic E-state index is 0.0402. The fourth-order valence-electron chi connectivity index (χ4n) is 1.35. The number of pyridine rings is 1. The van der Waals surface area contributed by atoms with E-state index in [1.54, 1.807) is 0 Å². The Kier molecular flexibility index (Phi) is 4.01. The van der Waals surface area contributed by atoms with Crippen LogP contribution in [0.2, 0.25) is 0 Å². The molecule has 0 radical (unpaired) electrons. The summed E-state index contributed by atoms with van der Waals surface area (Å²) in [6, 6.07) is -0.0402. The summed E-state index contributed by atoms with van der Waals surface area (Å²) in [5, 5.41) is 8.45. The number of carbonyl (C=O) groups is 1. The minimum atomic E-state index is -5.39. The van der Waals surface area contributed by atoms with E-state index in [-0.39, 0.29) is 6.07 Å². The molecular weight excluding hydrogens is 300 g/mol. The van der Waals surface area contributed by atoms with Crippen LogP contribution in [0.5, 0.6) is 5.88 Å². The summed E-state index contributed by atoms with van der Waals surface area (Å²) in [6.07, 6.45) is -12.0. The molecule has 1 rings (SSSR count). The highest BCUT2D eigenvalue weighted by Gasteiger charge is 2.39. The summed E-state index contributed by atoms with van der Waals surface area (Å²) in [7, 11) is 0. The van der Waals surface area contributed by atoms with Crippen LogP contribution >= 0.6 is 0 Å². The van der Waals surface area contributed by atoms with Crippen LogP contribution in [-0.2, 0) is 17.4 Å². The molecule has 1 aromatic heterocycles. The Morgan fingerprint density at radius 3 is 2.20 bits per heavy atom. The lowest BCUT2D eigenvalue weighted by atomic mass is 10.1. The average molecular weight is 305 g/mol. The van der Waals surface area contributed by atoms with Crippen molar-refractivity contribution in [2.75, 3.05) is 0 Å². The van der Waals surface area contributed by atoms with Crippen molar-refractivity contribution >= 4 is 5.97 Å². The fraction of sp³-hybridized carbons (Fsp3) is 0.333. The van der Waals surface area contributed by atoms with Crippen LogP contribution in [0.25, 0.3) is 0 Å². The molecule has 1 heterocycles. The molecule has 0 atom stereocenters. The van der Waals surface area contributed by atoms with Gasteiger partial charge < -0.3 is 9.84 Å². The minimum Gasteiger partial charge on any atom is -0.481 e. The highest BCUT2D eigenvalue weighted by molar-refractivity contribution is 5.71. The molecule has 0 saturated carbocycles. The highest BCUT2D eigenvalue weighted by atomic mass is 19.4. The van der Waals surface area contributed by atoms with E-state index in [0.717, 1.165) is 0 Å². The molecule has 1 aromatic rings. The number of halogens is 6. The zero-order valence-corrected chi connectivity index (χ0v) is 9.22. The van der Waals surface area contributed by atoms with E-state index >= 15 is 0 Å². The van der Waals surface area contributed by atoms with Crippen molar-refractivity contribution in [1.29, 1.82) is 0 Å². The van der Waals surface area contributed by atoms with Crippen LogP contribution in [0.4, 0.5) is 26.3 Å². The second-order valence-electron chi connectivity index (χ2n) is 3.47. The first kappa shape index (κ1) is 15.9. The van der Waals surface area contributed by atoms with Gasteiger partial charge in [-0.2, -0.15) is 13.2 Å². The number of rotatable bonds is 3. The topological polar surface area (TPSA) is 79.4 Å². The summed E-state index contributed by atoms with van der Waals surface area (Å²) >= 11 is 0. The lowest BCUT2D eigenvalue weighted by Gasteiger charge is -2.16. The van der Waals surface area contributed by atoms with Gasteiger partial charge in [0.25, 0.3) is 5.56 Å². The van der Waals surface area contributed by atoms with Gasteiger partial charge in [-0.1, -0.05) is 0 Å². The van der Waals surface area contributed by atoms with Gasteiger partial charge in [-0.25, -0.2) is 0 Å². The number of nitrogens with one attached hydrogen (secondary N) is 1. The first-order chi connectivity index (χ1) is 8.90. The van der Waals surface area contributed by atoms with Crippen molar-refractivity contribution in [3.05, 3.63) is 27.5 Å². The summed E-state index contributed by atoms with van der Waals surface area (Å²) in [4.78, 5) is 22.8. The number of carboxylic acid groups (broad SMARTS) is 1. The summed E-state index contributed by atoms with van der Waals surface area (Å²) in [5.41, 5.74) is -4.63. The van der Waals surface area contributed by atoms with Crippen LogP contribution in [0.3, 0.4) is 0 Å². The molecule has 0 aliphatic carbocycles. The van der Waals surface area contributed by atoms with Gasteiger partial charge in [0.2, 0.25) is 5.88 Å². The van der Waals surface area contributed by atoms with Crippen LogP contribution in [0.1, 0.15) is 11.1 Å². The monoisotopic (exact) mass is 305 g/mol. The van der Waals surface area contributed by atoms with Crippen molar-refractivity contribution in [2.24, 2.45) is 0 Å². The number of aromatic nitrogens is 1. The molecule has 11 heteroatoms. The summed E-state index contributed by atoms with van der Waals surface area (Å²) < 4.78 is 77.2. The summed E-state index contributed by atoms with van der Waals surface area (Å²) in [6.45, 7) is 0. The van der Waals surface area contributed by atoms with Crippen molar-refractivity contribution < 1.29 is 41.0 Å². The zero-order chi connectivity index (χ0) is 15.7. The molecule has 112 valence electrons. The molecule has 0 spiro atoms. The van der Waals surface area contributed by atoms with Crippen LogP contribution < -0.4 is 10.3 Å². The number of alkyl halides is 6. The molecule has 0 unspecified atom stereocenters. The van der Waals surface area contributed by atoms with Gasteiger partial charge in [0.1, 0.15) is 0 Å². The van der Waals surface area contributed by atoms with Gasteiger partial charge in [0.05, 0.1) is 12.0 Å². The molecule has 5 nitrogen and oxygen atoms in total. The zero-order valence-electron chi connectivity index (χ0n) is 9.22. The predicted octanol–water partition coefficient (Wildman–Crippen LogP) is 1.92. The molecule has 0 saturated heterocycles. The van der Waals surface area contributed by atoms with Gasteiger partial charge >= 0.3 is 18.5 Å². The number of H-pyrrole nitrogens is 1. The van der Waals surface area contributed by atoms with Gasteiger partial charge in [0, 0.05) is 11.6 Å². The Morgan fingerprint density at radius 1 is 1.25 bits per heavy atom. The van der Waals surface area contributed by atoms with Crippen molar-refractivity contribution in [2.45, 2.75) is 19.0 Å². The third kappa shape index (κ3) is 4.17. The van der Waals surface area contributed by atoms with E-state index in [0.29, 0.717) is 0 Å². The Morgan fingerprint density at radius 2 is 1.80 bits per heavy atom. The second kappa shape index (κ2) is 5.06. The van der Waals surface area contributed by atoms with E-state index < -0.39 is 47.5 Å². The second-order valence-corrected chi connectivity index (χ2v) is 3.47. The maximum absolute atomic E-state index is 12.6. The van der Waals surface area contributed by atoms with E-state index in [1.165, 1.54) is 4.98 Å². The van der Waals surface area contributed by atoms with Gasteiger partial charge in [-0.3, -0.25) is 14.6 Å². The number of aliphatic carboxylic acids is 1. The third-order valence-corrected chi connectivity index (χ3v) is 1.96. The predicted molar refractivity (Wildman–Crippen MR) is 50.1 cm³/mol. The molecule has 0 aliphatic rings. The first-order valence-corrected chi connectivity index (χ1v) is 4.71. The number of ether oxygens (including phenoxy) is 1. The lowest BCUT2D eigenvalue weighted by Crippen LogP contribution is -2.25. The average Bonchev–Trinajstić information content (AvgIpc) is 2.16. The Hall–Kier alpha value is -2.20. The summed E-state index contributed by atoms with van der Waals surface area (Å²) in [5.74, 6) is -3.42. The number of aromatic amines is 1. The van der Waals surface area contributed by atoms with E-state index in [4.69, 9.17) is 5.11 Å². The SMILES string of the molecule is O=C(O)Cc1c(C(F)(F)F)cc(=O)[nH]c1OC(F)(F)F. The molecule has 0 amide bonds.